The van der Waals surface area contributed by atoms with E-state index in [4.69, 9.17) is 0 Å². The van der Waals surface area contributed by atoms with E-state index < -0.39 is 0 Å². The minimum atomic E-state index is 0.127. The van der Waals surface area contributed by atoms with E-state index in [0.29, 0.717) is 0 Å². The molecule has 0 amide bonds. The van der Waals surface area contributed by atoms with Crippen molar-refractivity contribution in [2.24, 2.45) is 0 Å². The lowest BCUT2D eigenvalue weighted by molar-refractivity contribution is 0.828. The van der Waals surface area contributed by atoms with Crippen LogP contribution < -0.4 is 0 Å². The Morgan fingerprint density at radius 2 is 1.39 bits per heavy atom. The van der Waals surface area contributed by atoms with Crippen molar-refractivity contribution in [3.63, 3.8) is 0 Å². The Balaban J connectivity index is 2.13. The molecule has 0 aliphatic heterocycles. The first kappa shape index (κ1) is 14.8. The molecule has 0 radical (unpaired) electrons. The predicted molar refractivity (Wildman–Crippen MR) is 108 cm³/mol. The van der Waals surface area contributed by atoms with Crippen molar-refractivity contribution in [1.82, 2.24) is 4.57 Å². The number of para-hydroxylation sites is 2. The molecular weight excluding hydrogens is 393 g/mol. The molecule has 0 unspecified atom stereocenters. The van der Waals surface area contributed by atoms with Gasteiger partial charge in [0.15, 0.2) is 0 Å². The normalized spacial score (nSPS) is 12.1. The molecule has 0 N–H and O–H groups in total. The molecule has 0 spiro atoms. The third-order valence-electron chi connectivity index (χ3n) is 4.37. The molecule has 4 rings (SSSR count). The van der Waals surface area contributed by atoms with Crippen molar-refractivity contribution in [3.8, 4) is 5.69 Å². The van der Waals surface area contributed by atoms with Gasteiger partial charge in [-0.3, -0.25) is 0 Å². The summed E-state index contributed by atoms with van der Waals surface area (Å²) in [5.41, 5.74) is 5.10. The summed E-state index contributed by atoms with van der Waals surface area (Å²) >= 11 is 2.51. The average molecular weight is 411 g/mol. The predicted octanol–water partition coefficient (Wildman–Crippen LogP) is 6.45. The first-order valence-corrected chi connectivity index (χ1v) is 8.91. The van der Waals surface area contributed by atoms with E-state index in [1.165, 1.54) is 33.1 Å². The lowest BCUT2D eigenvalue weighted by atomic mass is 10.0. The van der Waals surface area contributed by atoms with Crippen molar-refractivity contribution in [3.05, 3.63) is 78.4 Å². The van der Waals surface area contributed by atoms with Crippen LogP contribution in [-0.4, -0.2) is 4.57 Å². The molecule has 0 aliphatic carbocycles. The number of nitrogens with zero attached hydrogens (tertiary/aromatic N) is 1. The molecular formula is C21H18IN. The number of fused-ring (bicyclic) bond motifs is 3. The van der Waals surface area contributed by atoms with Crippen LogP contribution in [0.1, 0.15) is 19.4 Å². The summed E-state index contributed by atoms with van der Waals surface area (Å²) in [7, 11) is 0. The van der Waals surface area contributed by atoms with Gasteiger partial charge in [0.1, 0.15) is 0 Å². The minimum absolute atomic E-state index is 0.127. The molecule has 114 valence electrons. The molecule has 0 atom stereocenters. The molecule has 2 heteroatoms. The molecule has 1 aromatic heterocycles. The summed E-state index contributed by atoms with van der Waals surface area (Å²) in [5, 5.41) is 2.64. The van der Waals surface area contributed by atoms with Crippen molar-refractivity contribution < 1.29 is 0 Å². The second kappa shape index (κ2) is 5.38. The maximum absolute atomic E-state index is 2.51. The van der Waals surface area contributed by atoms with Crippen molar-refractivity contribution >= 4 is 44.4 Å². The van der Waals surface area contributed by atoms with Gasteiger partial charge >= 0.3 is 0 Å². The monoisotopic (exact) mass is 411 g/mol. The molecule has 23 heavy (non-hydrogen) atoms. The quantitative estimate of drug-likeness (QED) is 0.264. The smallest absolute Gasteiger partial charge is 0.0541 e. The highest BCUT2D eigenvalue weighted by Gasteiger charge is 2.18. The summed E-state index contributed by atoms with van der Waals surface area (Å²) in [6, 6.07) is 26.1. The Labute approximate surface area is 150 Å². The Bertz CT molecular complexity index is 991. The molecule has 3 aromatic carbocycles. The second-order valence-electron chi connectivity index (χ2n) is 6.39. The fourth-order valence-corrected chi connectivity index (χ4v) is 3.53. The first-order valence-electron chi connectivity index (χ1n) is 7.84. The Hall–Kier alpha value is -1.81. The van der Waals surface area contributed by atoms with Crippen molar-refractivity contribution in [2.45, 2.75) is 17.3 Å². The highest BCUT2D eigenvalue weighted by atomic mass is 127. The maximum atomic E-state index is 2.51. The molecule has 0 aliphatic rings. The number of aromatic nitrogens is 1. The Morgan fingerprint density at radius 3 is 2.13 bits per heavy atom. The third-order valence-corrected chi connectivity index (χ3v) is 5.00. The fraction of sp³-hybridized carbons (Fsp3) is 0.143. The van der Waals surface area contributed by atoms with E-state index in [2.05, 4.69) is 114 Å². The Kier molecular flexibility index (Phi) is 3.45. The van der Waals surface area contributed by atoms with E-state index in [1.54, 1.807) is 0 Å². The van der Waals surface area contributed by atoms with Crippen molar-refractivity contribution in [1.29, 1.82) is 0 Å². The summed E-state index contributed by atoms with van der Waals surface area (Å²) in [6.45, 7) is 4.51. The van der Waals surface area contributed by atoms with Crippen LogP contribution in [0.15, 0.2) is 72.8 Å². The highest BCUT2D eigenvalue weighted by Crippen LogP contribution is 2.37. The van der Waals surface area contributed by atoms with E-state index in [-0.39, 0.29) is 3.42 Å². The van der Waals surface area contributed by atoms with Gasteiger partial charge in [-0.25, -0.2) is 0 Å². The number of hydrogen-bond acceptors (Lipinski definition) is 0. The number of benzene rings is 3. The summed E-state index contributed by atoms with van der Waals surface area (Å²) in [4.78, 5) is 0. The standard InChI is InChI=1S/C21H18IN/c1-21(2,22)15-12-13-20-18(14-15)17-10-6-7-11-19(17)23(20)16-8-4-3-5-9-16/h3-14H,1-2H3. The molecule has 1 heterocycles. The largest absolute Gasteiger partial charge is 0.309 e. The number of hydrogen-bond donors (Lipinski definition) is 0. The molecule has 0 bridgehead atoms. The van der Waals surface area contributed by atoms with Gasteiger partial charge in [0.2, 0.25) is 0 Å². The lowest BCUT2D eigenvalue weighted by Crippen LogP contribution is -2.05. The second-order valence-corrected chi connectivity index (χ2v) is 9.09. The van der Waals surface area contributed by atoms with Gasteiger partial charge in [0.05, 0.1) is 11.0 Å². The molecule has 0 fully saturated rings. The summed E-state index contributed by atoms with van der Waals surface area (Å²) in [6.07, 6.45) is 0. The maximum Gasteiger partial charge on any atom is 0.0541 e. The topological polar surface area (TPSA) is 4.93 Å². The molecule has 0 saturated carbocycles. The number of halogens is 1. The zero-order chi connectivity index (χ0) is 16.0. The zero-order valence-corrected chi connectivity index (χ0v) is 15.4. The van der Waals surface area contributed by atoms with Gasteiger partial charge in [0.25, 0.3) is 0 Å². The number of alkyl halides is 1. The average Bonchev–Trinajstić information content (AvgIpc) is 2.88. The van der Waals surface area contributed by atoms with Crippen molar-refractivity contribution in [2.75, 3.05) is 0 Å². The van der Waals surface area contributed by atoms with Gasteiger partial charge in [-0.2, -0.15) is 0 Å². The summed E-state index contributed by atoms with van der Waals surface area (Å²) in [5.74, 6) is 0. The van der Waals surface area contributed by atoms with E-state index in [0.717, 1.165) is 0 Å². The SMILES string of the molecule is CC(C)(I)c1ccc2c(c1)c1ccccc1n2-c1ccccc1. The van der Waals surface area contributed by atoms with Crippen LogP contribution >= 0.6 is 22.6 Å². The van der Waals surface area contributed by atoms with E-state index >= 15 is 0 Å². The van der Waals surface area contributed by atoms with Gasteiger partial charge in [-0.1, -0.05) is 65.1 Å². The van der Waals surface area contributed by atoms with Crippen LogP contribution in [0.4, 0.5) is 0 Å². The molecule has 0 saturated heterocycles. The summed E-state index contributed by atoms with van der Waals surface area (Å²) < 4.78 is 2.48. The van der Waals surface area contributed by atoms with Gasteiger partial charge in [-0.15, -0.1) is 0 Å². The van der Waals surface area contributed by atoms with Crippen LogP contribution in [0.25, 0.3) is 27.5 Å². The van der Waals surface area contributed by atoms with E-state index in [9.17, 15) is 0 Å². The van der Waals surface area contributed by atoms with Gasteiger partial charge in [-0.05, 0) is 49.7 Å². The fourth-order valence-electron chi connectivity index (χ4n) is 3.20. The highest BCUT2D eigenvalue weighted by molar-refractivity contribution is 14.1. The third kappa shape index (κ3) is 2.45. The van der Waals surface area contributed by atoms with Crippen LogP contribution in [0, 0.1) is 0 Å². The van der Waals surface area contributed by atoms with Crippen LogP contribution in [-0.2, 0) is 3.42 Å². The van der Waals surface area contributed by atoms with Gasteiger partial charge < -0.3 is 4.57 Å². The van der Waals surface area contributed by atoms with Crippen LogP contribution in [0.5, 0.6) is 0 Å². The van der Waals surface area contributed by atoms with E-state index in [1.807, 2.05) is 0 Å². The molecule has 4 aromatic rings. The molecule has 1 nitrogen and oxygen atoms in total. The first-order chi connectivity index (χ1) is 11.1. The zero-order valence-electron chi connectivity index (χ0n) is 13.3. The minimum Gasteiger partial charge on any atom is -0.309 e. The van der Waals surface area contributed by atoms with Crippen LogP contribution in [0.2, 0.25) is 0 Å². The lowest BCUT2D eigenvalue weighted by Gasteiger charge is -2.17. The van der Waals surface area contributed by atoms with Crippen LogP contribution in [0.3, 0.4) is 0 Å². The number of rotatable bonds is 2. The van der Waals surface area contributed by atoms with Gasteiger partial charge in [0, 0.05) is 19.9 Å². The Morgan fingerprint density at radius 1 is 0.739 bits per heavy atom.